The van der Waals surface area contributed by atoms with Crippen LogP contribution in [0.15, 0.2) is 18.2 Å². The Labute approximate surface area is 148 Å². The van der Waals surface area contributed by atoms with E-state index in [4.69, 9.17) is 9.47 Å². The number of nitrogens with zero attached hydrogens (tertiary/aromatic N) is 2. The maximum Gasteiger partial charge on any atom is 0.238 e. The Morgan fingerprint density at radius 3 is 2.28 bits per heavy atom. The second kappa shape index (κ2) is 8.71. The van der Waals surface area contributed by atoms with E-state index in [2.05, 4.69) is 10.2 Å². The lowest BCUT2D eigenvalue weighted by Crippen LogP contribution is -2.51. The molecule has 2 rings (SSSR count). The van der Waals surface area contributed by atoms with Crippen molar-refractivity contribution in [1.82, 2.24) is 9.80 Å². The van der Waals surface area contributed by atoms with Gasteiger partial charge in [-0.2, -0.15) is 0 Å². The molecule has 0 bridgehead atoms. The van der Waals surface area contributed by atoms with Gasteiger partial charge in [0.1, 0.15) is 0 Å². The highest BCUT2D eigenvalue weighted by Crippen LogP contribution is 2.29. The van der Waals surface area contributed by atoms with Crippen LogP contribution in [-0.2, 0) is 9.59 Å². The van der Waals surface area contributed by atoms with Crippen molar-refractivity contribution in [3.63, 3.8) is 0 Å². The van der Waals surface area contributed by atoms with E-state index in [9.17, 15) is 9.59 Å². The number of nitrogens with one attached hydrogen (secondary N) is 1. The summed E-state index contributed by atoms with van der Waals surface area (Å²) in [5.74, 6) is 1.29. The summed E-state index contributed by atoms with van der Waals surface area (Å²) in [4.78, 5) is 28.2. The second-order valence-corrected chi connectivity index (χ2v) is 6.37. The molecule has 0 atom stereocenters. The van der Waals surface area contributed by atoms with Crippen LogP contribution in [0.1, 0.15) is 13.8 Å². The highest BCUT2D eigenvalue weighted by molar-refractivity contribution is 5.92. The molecule has 1 N–H and O–H groups in total. The predicted molar refractivity (Wildman–Crippen MR) is 96.0 cm³/mol. The molecule has 1 aliphatic rings. The lowest BCUT2D eigenvalue weighted by atomic mass is 10.1. The molecule has 7 heteroatoms. The standard InChI is InChI=1S/C18H27N3O4/c1-13(2)18(23)21-9-7-20(8-10-21)12-17(22)19-14-5-6-15(24-3)16(11-14)25-4/h5-6,11,13H,7-10,12H2,1-4H3,(H,19,22). The van der Waals surface area contributed by atoms with E-state index >= 15 is 0 Å². The quantitative estimate of drug-likeness (QED) is 0.842. The maximum atomic E-state index is 12.3. The first kappa shape index (κ1) is 19.1. The van der Waals surface area contributed by atoms with Gasteiger partial charge in [0, 0.05) is 43.9 Å². The number of carbonyl (C=O) groups is 2. The zero-order valence-corrected chi connectivity index (χ0v) is 15.4. The largest absolute Gasteiger partial charge is 0.493 e. The Hall–Kier alpha value is -2.28. The molecule has 0 spiro atoms. The number of hydrogen-bond acceptors (Lipinski definition) is 5. The molecular weight excluding hydrogens is 322 g/mol. The van der Waals surface area contributed by atoms with Crippen molar-refractivity contribution in [2.75, 3.05) is 52.3 Å². The van der Waals surface area contributed by atoms with E-state index in [0.717, 1.165) is 0 Å². The predicted octanol–water partition coefficient (Wildman–Crippen LogP) is 1.44. The minimum Gasteiger partial charge on any atom is -0.493 e. The van der Waals surface area contributed by atoms with Crippen LogP contribution in [0.5, 0.6) is 11.5 Å². The Bertz CT molecular complexity index is 610. The number of carbonyl (C=O) groups excluding carboxylic acids is 2. The van der Waals surface area contributed by atoms with Crippen molar-refractivity contribution in [3.05, 3.63) is 18.2 Å². The first-order valence-electron chi connectivity index (χ1n) is 8.47. The van der Waals surface area contributed by atoms with Crippen LogP contribution in [0.25, 0.3) is 0 Å². The van der Waals surface area contributed by atoms with Gasteiger partial charge in [0.2, 0.25) is 11.8 Å². The molecule has 1 heterocycles. The molecule has 1 aromatic rings. The Morgan fingerprint density at radius 2 is 1.72 bits per heavy atom. The fourth-order valence-electron chi connectivity index (χ4n) is 2.81. The van der Waals surface area contributed by atoms with Crippen LogP contribution in [0.2, 0.25) is 0 Å². The van der Waals surface area contributed by atoms with Gasteiger partial charge < -0.3 is 19.7 Å². The molecule has 1 aromatic carbocycles. The Kier molecular flexibility index (Phi) is 6.64. The molecule has 7 nitrogen and oxygen atoms in total. The normalized spacial score (nSPS) is 15.2. The number of piperazine rings is 1. The fraction of sp³-hybridized carbons (Fsp3) is 0.556. The van der Waals surface area contributed by atoms with E-state index < -0.39 is 0 Å². The summed E-state index contributed by atoms with van der Waals surface area (Å²) in [5.41, 5.74) is 0.663. The molecule has 0 aromatic heterocycles. The minimum absolute atomic E-state index is 0.0138. The average Bonchev–Trinajstić information content (AvgIpc) is 2.61. The van der Waals surface area contributed by atoms with E-state index in [1.807, 2.05) is 18.7 Å². The molecule has 1 aliphatic heterocycles. The van der Waals surface area contributed by atoms with E-state index in [1.165, 1.54) is 0 Å². The summed E-state index contributed by atoms with van der Waals surface area (Å²) < 4.78 is 10.4. The number of rotatable bonds is 6. The number of hydrogen-bond donors (Lipinski definition) is 1. The summed E-state index contributed by atoms with van der Waals surface area (Å²) in [7, 11) is 3.13. The van der Waals surface area contributed by atoms with Gasteiger partial charge in [-0.3, -0.25) is 14.5 Å². The highest BCUT2D eigenvalue weighted by atomic mass is 16.5. The molecule has 0 aliphatic carbocycles. The van der Waals surface area contributed by atoms with Gasteiger partial charge in [0.25, 0.3) is 0 Å². The van der Waals surface area contributed by atoms with Crippen LogP contribution >= 0.6 is 0 Å². The lowest BCUT2D eigenvalue weighted by molar-refractivity contribution is -0.136. The van der Waals surface area contributed by atoms with E-state index in [0.29, 0.717) is 49.9 Å². The van der Waals surface area contributed by atoms with Gasteiger partial charge in [0.15, 0.2) is 11.5 Å². The molecule has 138 valence electrons. The number of ether oxygens (including phenoxy) is 2. The smallest absolute Gasteiger partial charge is 0.238 e. The van der Waals surface area contributed by atoms with Crippen LogP contribution in [0.3, 0.4) is 0 Å². The first-order chi connectivity index (χ1) is 11.9. The highest BCUT2D eigenvalue weighted by Gasteiger charge is 2.23. The zero-order valence-electron chi connectivity index (χ0n) is 15.4. The van der Waals surface area contributed by atoms with Crippen molar-refractivity contribution < 1.29 is 19.1 Å². The maximum absolute atomic E-state index is 12.3. The summed E-state index contributed by atoms with van der Waals surface area (Å²) >= 11 is 0. The zero-order chi connectivity index (χ0) is 18.4. The van der Waals surface area contributed by atoms with Gasteiger partial charge >= 0.3 is 0 Å². The number of methoxy groups -OCH3 is 2. The summed E-state index contributed by atoms with van der Waals surface area (Å²) in [6.45, 7) is 6.87. The lowest BCUT2D eigenvalue weighted by Gasteiger charge is -2.35. The van der Waals surface area contributed by atoms with Crippen molar-refractivity contribution in [2.24, 2.45) is 5.92 Å². The van der Waals surface area contributed by atoms with Crippen molar-refractivity contribution >= 4 is 17.5 Å². The van der Waals surface area contributed by atoms with Crippen LogP contribution in [0.4, 0.5) is 5.69 Å². The van der Waals surface area contributed by atoms with Gasteiger partial charge in [-0.15, -0.1) is 0 Å². The molecule has 0 radical (unpaired) electrons. The number of benzene rings is 1. The SMILES string of the molecule is COc1ccc(NC(=O)CN2CCN(C(=O)C(C)C)CC2)cc1OC. The third kappa shape index (κ3) is 5.09. The van der Waals surface area contributed by atoms with Crippen molar-refractivity contribution in [2.45, 2.75) is 13.8 Å². The Balaban J connectivity index is 1.84. The molecule has 0 unspecified atom stereocenters. The molecule has 1 fully saturated rings. The van der Waals surface area contributed by atoms with E-state index in [1.54, 1.807) is 32.4 Å². The van der Waals surface area contributed by atoms with Gasteiger partial charge in [-0.1, -0.05) is 13.8 Å². The molecule has 25 heavy (non-hydrogen) atoms. The van der Waals surface area contributed by atoms with Crippen LogP contribution < -0.4 is 14.8 Å². The topological polar surface area (TPSA) is 71.1 Å². The first-order valence-corrected chi connectivity index (χ1v) is 8.47. The molecular formula is C18H27N3O4. The van der Waals surface area contributed by atoms with Crippen LogP contribution in [-0.4, -0.2) is 68.6 Å². The second-order valence-electron chi connectivity index (χ2n) is 6.37. The monoisotopic (exact) mass is 349 g/mol. The van der Waals surface area contributed by atoms with Crippen molar-refractivity contribution in [1.29, 1.82) is 0 Å². The molecule has 0 saturated carbocycles. The number of anilines is 1. The van der Waals surface area contributed by atoms with Gasteiger partial charge in [0.05, 0.1) is 20.8 Å². The molecule has 1 saturated heterocycles. The fourth-order valence-corrected chi connectivity index (χ4v) is 2.81. The summed E-state index contributed by atoms with van der Waals surface area (Å²) in [5, 5.41) is 2.87. The van der Waals surface area contributed by atoms with E-state index in [-0.39, 0.29) is 17.7 Å². The van der Waals surface area contributed by atoms with Gasteiger partial charge in [-0.05, 0) is 12.1 Å². The average molecular weight is 349 g/mol. The Morgan fingerprint density at radius 1 is 1.08 bits per heavy atom. The third-order valence-corrected chi connectivity index (χ3v) is 4.21. The van der Waals surface area contributed by atoms with Gasteiger partial charge in [-0.25, -0.2) is 0 Å². The van der Waals surface area contributed by atoms with Crippen molar-refractivity contribution in [3.8, 4) is 11.5 Å². The number of amides is 2. The third-order valence-electron chi connectivity index (χ3n) is 4.21. The summed E-state index contributed by atoms with van der Waals surface area (Å²) in [6.07, 6.45) is 0. The van der Waals surface area contributed by atoms with Crippen LogP contribution in [0, 0.1) is 5.92 Å². The molecule has 2 amide bonds. The summed E-state index contributed by atoms with van der Waals surface area (Å²) in [6, 6.07) is 5.26. The minimum atomic E-state index is -0.0872.